The molecule has 148 valence electrons. The number of esters is 1. The van der Waals surface area contributed by atoms with Crippen LogP contribution < -0.4 is 10.5 Å². The molecular weight excluding hydrogens is 370 g/mol. The van der Waals surface area contributed by atoms with Crippen molar-refractivity contribution in [1.29, 1.82) is 0 Å². The molecule has 0 aliphatic rings. The lowest BCUT2D eigenvalue weighted by Gasteiger charge is -2.21. The number of aromatic nitrogens is 4. The molecule has 8 nitrogen and oxygen atoms in total. The number of pyridine rings is 1. The maximum absolute atomic E-state index is 13.1. The summed E-state index contributed by atoms with van der Waals surface area (Å²) in [5, 5.41) is 4.62. The molecule has 0 saturated carbocycles. The predicted octanol–water partition coefficient (Wildman–Crippen LogP) is 2.67. The summed E-state index contributed by atoms with van der Waals surface area (Å²) >= 11 is 0. The Morgan fingerprint density at radius 2 is 1.83 bits per heavy atom. The van der Waals surface area contributed by atoms with E-state index in [9.17, 15) is 9.59 Å². The van der Waals surface area contributed by atoms with E-state index >= 15 is 0 Å². The highest BCUT2D eigenvalue weighted by molar-refractivity contribution is 5.96. The van der Waals surface area contributed by atoms with E-state index in [1.807, 2.05) is 24.3 Å². The van der Waals surface area contributed by atoms with E-state index in [1.54, 1.807) is 16.8 Å². The number of carbonyl (C=O) groups is 1. The summed E-state index contributed by atoms with van der Waals surface area (Å²) in [6.45, 7) is 6.06. The monoisotopic (exact) mass is 391 g/mol. The molecule has 3 heterocycles. The third-order valence-corrected chi connectivity index (χ3v) is 5.06. The van der Waals surface area contributed by atoms with Crippen LogP contribution in [0.3, 0.4) is 0 Å². The summed E-state index contributed by atoms with van der Waals surface area (Å²) in [4.78, 5) is 31.5. The molecule has 29 heavy (non-hydrogen) atoms. The molecule has 0 spiro atoms. The van der Waals surface area contributed by atoms with Crippen LogP contribution in [0, 0.1) is 0 Å². The highest BCUT2D eigenvalue weighted by atomic mass is 16.5. The Balaban J connectivity index is 1.81. The van der Waals surface area contributed by atoms with Gasteiger partial charge >= 0.3 is 5.97 Å². The van der Waals surface area contributed by atoms with Gasteiger partial charge in [0.25, 0.3) is 5.56 Å². The van der Waals surface area contributed by atoms with Crippen molar-refractivity contribution >= 4 is 28.2 Å². The Hall–Kier alpha value is -3.68. The van der Waals surface area contributed by atoms with Crippen LogP contribution in [0.1, 0.15) is 24.2 Å². The molecule has 0 aliphatic carbocycles. The van der Waals surface area contributed by atoms with Crippen molar-refractivity contribution in [3.05, 3.63) is 64.8 Å². The Kier molecular flexibility index (Phi) is 4.75. The van der Waals surface area contributed by atoms with Crippen LogP contribution in [0.25, 0.3) is 22.2 Å². The zero-order valence-corrected chi connectivity index (χ0v) is 16.5. The number of rotatable bonds is 5. The van der Waals surface area contributed by atoms with Gasteiger partial charge in [-0.2, -0.15) is 5.10 Å². The van der Waals surface area contributed by atoms with Crippen LogP contribution in [-0.4, -0.2) is 45.3 Å². The summed E-state index contributed by atoms with van der Waals surface area (Å²) in [5.41, 5.74) is 2.86. The molecule has 1 aromatic carbocycles. The number of ether oxygens (including phenoxy) is 1. The molecule has 0 fully saturated rings. The van der Waals surface area contributed by atoms with Gasteiger partial charge in [-0.05, 0) is 44.2 Å². The molecule has 0 saturated heterocycles. The van der Waals surface area contributed by atoms with Gasteiger partial charge in [0.2, 0.25) is 0 Å². The second kappa shape index (κ2) is 7.38. The molecule has 0 aliphatic heterocycles. The fourth-order valence-electron chi connectivity index (χ4n) is 3.49. The van der Waals surface area contributed by atoms with E-state index < -0.39 is 5.97 Å². The Labute approximate surface area is 167 Å². The van der Waals surface area contributed by atoms with E-state index in [1.165, 1.54) is 24.0 Å². The van der Waals surface area contributed by atoms with E-state index in [4.69, 9.17) is 4.74 Å². The molecule has 0 unspecified atom stereocenters. The van der Waals surface area contributed by atoms with Gasteiger partial charge in [0.15, 0.2) is 5.65 Å². The zero-order valence-electron chi connectivity index (χ0n) is 16.5. The third-order valence-electron chi connectivity index (χ3n) is 5.06. The quantitative estimate of drug-likeness (QED) is 0.487. The van der Waals surface area contributed by atoms with Crippen molar-refractivity contribution < 1.29 is 9.53 Å². The van der Waals surface area contributed by atoms with Crippen LogP contribution in [0.4, 0.5) is 5.69 Å². The number of hydrogen-bond donors (Lipinski definition) is 0. The highest BCUT2D eigenvalue weighted by Gasteiger charge is 2.17. The number of benzene rings is 1. The van der Waals surface area contributed by atoms with Gasteiger partial charge in [-0.15, -0.1) is 0 Å². The third kappa shape index (κ3) is 3.02. The molecule has 0 amide bonds. The number of nitrogens with zero attached hydrogens (tertiary/aromatic N) is 5. The average molecular weight is 391 g/mol. The first kappa shape index (κ1) is 18.7. The first-order valence-electron chi connectivity index (χ1n) is 9.40. The summed E-state index contributed by atoms with van der Waals surface area (Å²) in [5.74, 6) is -0.520. The van der Waals surface area contributed by atoms with Crippen molar-refractivity contribution in [3.63, 3.8) is 0 Å². The summed E-state index contributed by atoms with van der Waals surface area (Å²) in [7, 11) is 1.30. The average Bonchev–Trinajstić information content (AvgIpc) is 3.19. The summed E-state index contributed by atoms with van der Waals surface area (Å²) in [6.07, 6.45) is 4.57. The van der Waals surface area contributed by atoms with E-state index in [-0.39, 0.29) is 11.1 Å². The molecule has 0 radical (unpaired) electrons. The summed E-state index contributed by atoms with van der Waals surface area (Å²) in [6, 6.07) is 9.66. The fourth-order valence-corrected chi connectivity index (χ4v) is 3.49. The molecule has 0 atom stereocenters. The lowest BCUT2D eigenvalue weighted by atomic mass is 10.2. The van der Waals surface area contributed by atoms with Crippen LogP contribution in [0.5, 0.6) is 0 Å². The summed E-state index contributed by atoms with van der Waals surface area (Å²) < 4.78 is 7.82. The SMILES string of the molecule is CCN(CC)c1ccc(-n2ccc3c(cnc4c(C(=O)OC)cnn43)c2=O)cc1. The highest BCUT2D eigenvalue weighted by Crippen LogP contribution is 2.19. The molecule has 4 rings (SSSR count). The van der Waals surface area contributed by atoms with Crippen molar-refractivity contribution in [2.24, 2.45) is 0 Å². The van der Waals surface area contributed by atoms with Gasteiger partial charge in [0.1, 0.15) is 5.56 Å². The van der Waals surface area contributed by atoms with Gasteiger partial charge in [0, 0.05) is 36.9 Å². The largest absolute Gasteiger partial charge is 0.465 e. The second-order valence-electron chi connectivity index (χ2n) is 6.52. The van der Waals surface area contributed by atoms with Gasteiger partial charge < -0.3 is 9.64 Å². The topological polar surface area (TPSA) is 81.7 Å². The van der Waals surface area contributed by atoms with Crippen LogP contribution in [0.15, 0.2) is 53.7 Å². The molecule has 3 aromatic heterocycles. The Bertz CT molecular complexity index is 1250. The van der Waals surface area contributed by atoms with Crippen LogP contribution in [-0.2, 0) is 4.74 Å². The maximum Gasteiger partial charge on any atom is 0.343 e. The van der Waals surface area contributed by atoms with E-state index in [2.05, 4.69) is 28.8 Å². The lowest BCUT2D eigenvalue weighted by Crippen LogP contribution is -2.22. The van der Waals surface area contributed by atoms with E-state index in [0.29, 0.717) is 16.6 Å². The first-order chi connectivity index (χ1) is 14.1. The number of anilines is 1. The molecule has 0 N–H and O–H groups in total. The van der Waals surface area contributed by atoms with Crippen molar-refractivity contribution in [3.8, 4) is 5.69 Å². The molecule has 4 aromatic rings. The minimum atomic E-state index is -0.520. The van der Waals surface area contributed by atoms with E-state index in [0.717, 1.165) is 24.5 Å². The maximum atomic E-state index is 13.1. The van der Waals surface area contributed by atoms with Crippen molar-refractivity contribution in [2.75, 3.05) is 25.1 Å². The fraction of sp³-hybridized carbons (Fsp3) is 0.238. The second-order valence-corrected chi connectivity index (χ2v) is 6.52. The predicted molar refractivity (Wildman–Crippen MR) is 111 cm³/mol. The van der Waals surface area contributed by atoms with Crippen molar-refractivity contribution in [1.82, 2.24) is 19.2 Å². The molecular formula is C21H21N5O3. The molecule has 0 bridgehead atoms. The number of methoxy groups -OCH3 is 1. The van der Waals surface area contributed by atoms with Crippen LogP contribution >= 0.6 is 0 Å². The Morgan fingerprint density at radius 3 is 2.48 bits per heavy atom. The number of carbonyl (C=O) groups excluding carboxylic acids is 1. The first-order valence-corrected chi connectivity index (χ1v) is 9.40. The van der Waals surface area contributed by atoms with Crippen LogP contribution in [0.2, 0.25) is 0 Å². The lowest BCUT2D eigenvalue weighted by molar-refractivity contribution is 0.0602. The smallest absolute Gasteiger partial charge is 0.343 e. The molecule has 8 heteroatoms. The van der Waals surface area contributed by atoms with Crippen molar-refractivity contribution in [2.45, 2.75) is 13.8 Å². The standard InChI is InChI=1S/C21H21N5O3/c1-4-24(5-2)14-6-8-15(9-7-14)25-11-10-18-16(20(25)27)12-22-19-17(21(28)29-3)13-23-26(18)19/h6-13H,4-5H2,1-3H3. The normalized spacial score (nSPS) is 11.1. The minimum absolute atomic E-state index is 0.206. The van der Waals surface area contributed by atoms with Gasteiger partial charge in [0.05, 0.1) is 24.2 Å². The minimum Gasteiger partial charge on any atom is -0.465 e. The number of fused-ring (bicyclic) bond motifs is 3. The number of hydrogen-bond acceptors (Lipinski definition) is 6. The zero-order chi connectivity index (χ0) is 20.5. The Morgan fingerprint density at radius 1 is 1.10 bits per heavy atom. The van der Waals surface area contributed by atoms with Gasteiger partial charge in [-0.1, -0.05) is 0 Å². The van der Waals surface area contributed by atoms with Gasteiger partial charge in [-0.25, -0.2) is 14.3 Å². The van der Waals surface area contributed by atoms with Gasteiger partial charge in [-0.3, -0.25) is 9.36 Å².